The lowest BCUT2D eigenvalue weighted by atomic mass is 9.63. The minimum atomic E-state index is -4.64. The van der Waals surface area contributed by atoms with Gasteiger partial charge in [-0.05, 0) is 107 Å². The summed E-state index contributed by atoms with van der Waals surface area (Å²) in [5.41, 5.74) is -0.583. The van der Waals surface area contributed by atoms with Gasteiger partial charge in [-0.1, -0.05) is 13.8 Å². The van der Waals surface area contributed by atoms with Crippen molar-refractivity contribution in [3.8, 4) is 0 Å². The van der Waals surface area contributed by atoms with E-state index >= 15 is 0 Å². The van der Waals surface area contributed by atoms with E-state index in [0.717, 1.165) is 32.1 Å². The first-order valence-corrected chi connectivity index (χ1v) is 16.8. The van der Waals surface area contributed by atoms with Gasteiger partial charge >= 0.3 is 6.18 Å². The maximum Gasteiger partial charge on any atom is 0.421 e. The Labute approximate surface area is 253 Å². The van der Waals surface area contributed by atoms with Crippen molar-refractivity contribution in [1.82, 2.24) is 14.9 Å². The molecule has 43 heavy (non-hydrogen) atoms. The minimum absolute atomic E-state index is 0.0116. The van der Waals surface area contributed by atoms with Crippen LogP contribution in [0.1, 0.15) is 77.3 Å². The number of hydrogen-bond acceptors (Lipinski definition) is 8. The van der Waals surface area contributed by atoms with Crippen molar-refractivity contribution in [1.29, 1.82) is 0 Å². The molecule has 2 N–H and O–H groups in total. The molecule has 2 saturated heterocycles. The van der Waals surface area contributed by atoms with Crippen molar-refractivity contribution in [2.75, 3.05) is 36.4 Å². The third-order valence-corrected chi connectivity index (χ3v) is 12.3. The van der Waals surface area contributed by atoms with Gasteiger partial charge in [-0.15, -0.1) is 0 Å². The molecule has 238 valence electrons. The molecule has 1 saturated carbocycles. The molecule has 0 unspecified atom stereocenters. The largest absolute Gasteiger partial charge is 0.421 e. The van der Waals surface area contributed by atoms with Crippen molar-refractivity contribution in [3.05, 3.63) is 35.5 Å². The Kier molecular flexibility index (Phi) is 8.54. The summed E-state index contributed by atoms with van der Waals surface area (Å²) in [4.78, 5) is 12.5. The fourth-order valence-electron chi connectivity index (χ4n) is 6.87. The van der Waals surface area contributed by atoms with Crippen molar-refractivity contribution >= 4 is 27.3 Å². The summed E-state index contributed by atoms with van der Waals surface area (Å²) in [7, 11) is -3.50. The van der Waals surface area contributed by atoms with E-state index in [1.807, 2.05) is 13.8 Å². The van der Waals surface area contributed by atoms with E-state index in [9.17, 15) is 26.7 Å². The average Bonchev–Trinajstić information content (AvgIpc) is 2.92. The summed E-state index contributed by atoms with van der Waals surface area (Å²) < 4.78 is 68.7. The first kappa shape index (κ1) is 32.0. The monoisotopic (exact) mass is 623 g/mol. The first-order valence-electron chi connectivity index (χ1n) is 15.3. The van der Waals surface area contributed by atoms with Crippen molar-refractivity contribution in [2.24, 2.45) is 11.3 Å². The van der Waals surface area contributed by atoms with Gasteiger partial charge in [-0.2, -0.15) is 18.2 Å². The Morgan fingerprint density at radius 3 is 2.19 bits per heavy atom. The highest BCUT2D eigenvalue weighted by molar-refractivity contribution is 7.92. The average molecular weight is 624 g/mol. The molecule has 1 spiro atoms. The highest BCUT2D eigenvalue weighted by atomic mass is 32.2. The second-order valence-corrected chi connectivity index (χ2v) is 15.7. The van der Waals surface area contributed by atoms with Gasteiger partial charge in [0.1, 0.15) is 11.4 Å². The van der Waals surface area contributed by atoms with Gasteiger partial charge in [-0.25, -0.2) is 13.4 Å². The molecule has 1 aromatic heterocycles. The smallest absolute Gasteiger partial charge is 0.389 e. The van der Waals surface area contributed by atoms with Crippen molar-refractivity contribution in [2.45, 2.75) is 101 Å². The zero-order valence-electron chi connectivity index (χ0n) is 25.7. The van der Waals surface area contributed by atoms with Crippen LogP contribution >= 0.6 is 0 Å². The molecule has 1 aliphatic carbocycles. The number of nitrogens with zero attached hydrogens (tertiary/aromatic N) is 4. The molecule has 1 aromatic carbocycles. The van der Waals surface area contributed by atoms with Crippen LogP contribution in [-0.4, -0.2) is 71.5 Å². The molecule has 5 rings (SSSR count). The lowest BCUT2D eigenvalue weighted by Crippen LogP contribution is -2.52. The van der Waals surface area contributed by atoms with E-state index in [0.29, 0.717) is 43.0 Å². The number of halogens is 3. The van der Waals surface area contributed by atoms with Crippen LogP contribution in [0, 0.1) is 18.3 Å². The lowest BCUT2D eigenvalue weighted by Gasteiger charge is -2.52. The predicted molar refractivity (Wildman–Crippen MR) is 161 cm³/mol. The molecule has 0 radical (unpaired) electrons. The topological polar surface area (TPSA) is 98.7 Å². The lowest BCUT2D eigenvalue weighted by molar-refractivity contribution is -0.137. The molecule has 0 bridgehead atoms. The van der Waals surface area contributed by atoms with E-state index in [-0.39, 0.29) is 41.1 Å². The number of hydrogen-bond donors (Lipinski definition) is 2. The maximum atomic E-state index is 13.9. The van der Waals surface area contributed by atoms with Crippen LogP contribution in [0.25, 0.3) is 0 Å². The Balaban J connectivity index is 1.30. The van der Waals surface area contributed by atoms with E-state index in [1.165, 1.54) is 0 Å². The van der Waals surface area contributed by atoms with Crippen LogP contribution in [0.4, 0.5) is 30.6 Å². The number of piperidine rings is 2. The number of aryl methyl sites for hydroxylation is 1. The summed E-state index contributed by atoms with van der Waals surface area (Å²) in [5.74, 6) is -0.256. The Morgan fingerprint density at radius 2 is 1.65 bits per heavy atom. The number of aromatic nitrogens is 2. The molecule has 2 aromatic rings. The van der Waals surface area contributed by atoms with Crippen LogP contribution in [0.3, 0.4) is 0 Å². The van der Waals surface area contributed by atoms with E-state index in [1.54, 1.807) is 30.0 Å². The van der Waals surface area contributed by atoms with Gasteiger partial charge in [0.05, 0.1) is 15.7 Å². The Morgan fingerprint density at radius 1 is 1.02 bits per heavy atom. The van der Waals surface area contributed by atoms with Crippen LogP contribution < -0.4 is 10.2 Å². The molecular formula is C31H44F3N5O3S. The maximum absolute atomic E-state index is 13.9. The molecule has 2 aliphatic heterocycles. The SMILES string of the molecule is Cc1cc(S(=O)(=O)C2CC3(CCN(C(C)C)CC3)C2)ccc1Nc1ncc(C(F)(F)F)c(N2CCC(O)(C(C)C)CC2)n1. The molecule has 3 fully saturated rings. The highest BCUT2D eigenvalue weighted by Crippen LogP contribution is 2.53. The molecule has 0 amide bonds. The number of nitrogens with one attached hydrogen (secondary N) is 1. The van der Waals surface area contributed by atoms with E-state index in [2.05, 4.69) is 34.0 Å². The molecule has 3 heterocycles. The summed E-state index contributed by atoms with van der Waals surface area (Å²) in [6.45, 7) is 12.4. The highest BCUT2D eigenvalue weighted by Gasteiger charge is 2.51. The fraction of sp³-hybridized carbons (Fsp3) is 0.677. The van der Waals surface area contributed by atoms with Gasteiger partial charge in [0.15, 0.2) is 9.84 Å². The number of sulfone groups is 1. The Hall–Kier alpha value is -2.44. The van der Waals surface area contributed by atoms with Gasteiger partial charge in [0.2, 0.25) is 5.95 Å². The molecule has 3 aliphatic rings. The second kappa shape index (κ2) is 11.5. The zero-order valence-corrected chi connectivity index (χ0v) is 26.5. The van der Waals surface area contributed by atoms with Gasteiger partial charge in [0.25, 0.3) is 0 Å². The number of likely N-dealkylation sites (tertiary alicyclic amines) is 1. The Bertz CT molecular complexity index is 1420. The number of benzene rings is 1. The molecule has 0 atom stereocenters. The molecule has 8 nitrogen and oxygen atoms in total. The number of anilines is 3. The standard InChI is InChI=1S/C31H44F3N5O3S/c1-20(2)30(40)10-14-39(15-11-30)27-25(31(32,33)34)19-35-28(37-27)36-26-7-6-23(16-22(26)5)43(41,42)24-17-29(18-24)8-12-38(13-9-29)21(3)4/h6-7,16,19-21,24,40H,8-15,17-18H2,1-5H3,(H,35,36,37). The van der Waals surface area contributed by atoms with Crippen LogP contribution in [0.2, 0.25) is 0 Å². The summed E-state index contributed by atoms with van der Waals surface area (Å²) in [5, 5.41) is 13.4. The first-order chi connectivity index (χ1) is 20.0. The fourth-order valence-corrected chi connectivity index (χ4v) is 9.00. The van der Waals surface area contributed by atoms with Gasteiger partial charge in [-0.3, -0.25) is 0 Å². The second-order valence-electron chi connectivity index (χ2n) is 13.5. The third kappa shape index (κ3) is 6.38. The summed E-state index contributed by atoms with van der Waals surface area (Å²) in [6.07, 6.45) is 0.247. The summed E-state index contributed by atoms with van der Waals surface area (Å²) in [6, 6.07) is 5.30. The third-order valence-electron chi connectivity index (χ3n) is 10.2. The quantitative estimate of drug-likeness (QED) is 0.390. The van der Waals surface area contributed by atoms with Crippen molar-refractivity contribution < 1.29 is 26.7 Å². The minimum Gasteiger partial charge on any atom is -0.389 e. The van der Waals surface area contributed by atoms with E-state index in [4.69, 9.17) is 0 Å². The van der Waals surface area contributed by atoms with Gasteiger partial charge < -0.3 is 20.2 Å². The molecule has 12 heteroatoms. The summed E-state index contributed by atoms with van der Waals surface area (Å²) >= 11 is 0. The molecular weight excluding hydrogens is 579 g/mol. The van der Waals surface area contributed by atoms with Crippen LogP contribution in [0.15, 0.2) is 29.3 Å². The van der Waals surface area contributed by atoms with E-state index < -0.39 is 32.4 Å². The normalized spacial score (nSPS) is 21.4. The number of aliphatic hydroxyl groups is 1. The van der Waals surface area contributed by atoms with Gasteiger partial charge in [0, 0.05) is 31.0 Å². The zero-order chi connectivity index (χ0) is 31.4. The number of rotatable bonds is 7. The van der Waals surface area contributed by atoms with Crippen LogP contribution in [-0.2, 0) is 16.0 Å². The number of alkyl halides is 3. The van der Waals surface area contributed by atoms with Crippen molar-refractivity contribution in [3.63, 3.8) is 0 Å². The predicted octanol–water partition coefficient (Wildman–Crippen LogP) is 5.96. The van der Waals surface area contributed by atoms with Crippen LogP contribution in [0.5, 0.6) is 0 Å².